The van der Waals surface area contributed by atoms with Crippen molar-refractivity contribution in [3.63, 3.8) is 0 Å². The second-order valence-corrected chi connectivity index (χ2v) is 5.69. The highest BCUT2D eigenvalue weighted by molar-refractivity contribution is 6.30. The Morgan fingerprint density at radius 2 is 2.24 bits per heavy atom. The third kappa shape index (κ3) is 3.51. The fraction of sp³-hybridized carbons (Fsp3) is 0.176. The van der Waals surface area contributed by atoms with Crippen molar-refractivity contribution >= 4 is 34.7 Å². The van der Waals surface area contributed by atoms with Gasteiger partial charge in [0, 0.05) is 5.02 Å². The van der Waals surface area contributed by atoms with Gasteiger partial charge < -0.3 is 19.6 Å². The van der Waals surface area contributed by atoms with Crippen LogP contribution in [0.3, 0.4) is 0 Å². The highest BCUT2D eigenvalue weighted by Crippen LogP contribution is 2.31. The van der Waals surface area contributed by atoms with E-state index >= 15 is 0 Å². The summed E-state index contributed by atoms with van der Waals surface area (Å²) in [7, 11) is 1.40. The molecule has 1 aromatic heterocycles. The van der Waals surface area contributed by atoms with Gasteiger partial charge >= 0.3 is 5.97 Å². The zero-order valence-electron chi connectivity index (χ0n) is 13.1. The van der Waals surface area contributed by atoms with E-state index in [4.69, 9.17) is 25.9 Å². The number of aromatic carboxylic acids is 1. The van der Waals surface area contributed by atoms with Gasteiger partial charge in [-0.3, -0.25) is 0 Å². The molecule has 0 aliphatic rings. The smallest absolute Gasteiger partial charge is 0.335 e. The number of ether oxygens (including phenoxy) is 1. The number of anilines is 1. The summed E-state index contributed by atoms with van der Waals surface area (Å²) in [6.07, 6.45) is 0. The summed E-state index contributed by atoms with van der Waals surface area (Å²) in [6, 6.07) is 8.82. The minimum Gasteiger partial charge on any atom is -0.493 e. The number of aromatic nitrogens is 1. The molecule has 0 radical (unpaired) electrons. The van der Waals surface area contributed by atoms with Crippen LogP contribution >= 0.6 is 11.6 Å². The molecule has 1 atom stereocenters. The topological polar surface area (TPSA) is 84.6 Å². The molecule has 0 fully saturated rings. The Hall–Kier alpha value is -2.80. The molecule has 2 N–H and O–H groups in total. The standard InChI is InChI=1S/C17H14ClFN2O4/c1-24-14-7-10(16(22)23)6-12-15(14)25-17(20-12)21-13(8-19)9-3-2-4-11(18)5-9/h2-7,13H,8H2,1H3,(H,20,21)(H,22,23)/t13-/m1/s1. The molecule has 0 bridgehead atoms. The average molecular weight is 365 g/mol. The van der Waals surface area contributed by atoms with Gasteiger partial charge in [-0.15, -0.1) is 0 Å². The molecule has 25 heavy (non-hydrogen) atoms. The van der Waals surface area contributed by atoms with Crippen LogP contribution in [0.5, 0.6) is 5.75 Å². The van der Waals surface area contributed by atoms with E-state index in [1.807, 2.05) is 0 Å². The van der Waals surface area contributed by atoms with Crippen LogP contribution in [0, 0.1) is 0 Å². The number of nitrogens with one attached hydrogen (secondary N) is 1. The Kier molecular flexibility index (Phi) is 4.76. The minimum absolute atomic E-state index is 0.0149. The molecule has 6 nitrogen and oxygen atoms in total. The lowest BCUT2D eigenvalue weighted by Crippen LogP contribution is -2.12. The van der Waals surface area contributed by atoms with Gasteiger partial charge in [0.25, 0.3) is 6.01 Å². The SMILES string of the molecule is COc1cc(C(=O)O)cc2nc(N[C@H](CF)c3cccc(Cl)c3)oc12. The number of carbonyl (C=O) groups is 1. The zero-order chi connectivity index (χ0) is 18.0. The van der Waals surface area contributed by atoms with Crippen molar-refractivity contribution in [2.24, 2.45) is 0 Å². The lowest BCUT2D eigenvalue weighted by atomic mass is 10.1. The lowest BCUT2D eigenvalue weighted by molar-refractivity contribution is 0.0696. The number of fused-ring (bicyclic) bond motifs is 1. The Morgan fingerprint density at radius 3 is 2.88 bits per heavy atom. The van der Waals surface area contributed by atoms with Crippen molar-refractivity contribution in [3.8, 4) is 5.75 Å². The van der Waals surface area contributed by atoms with Crippen molar-refractivity contribution in [1.29, 1.82) is 0 Å². The molecular formula is C17H14ClFN2O4. The first-order chi connectivity index (χ1) is 12.0. The number of nitrogens with zero attached hydrogens (tertiary/aromatic N) is 1. The van der Waals surface area contributed by atoms with Crippen molar-refractivity contribution in [1.82, 2.24) is 4.98 Å². The number of carboxylic acids is 1. The van der Waals surface area contributed by atoms with E-state index in [0.29, 0.717) is 16.1 Å². The first-order valence-corrected chi connectivity index (χ1v) is 7.69. The molecule has 0 amide bonds. The van der Waals surface area contributed by atoms with E-state index in [1.54, 1.807) is 24.3 Å². The van der Waals surface area contributed by atoms with Gasteiger partial charge in [-0.25, -0.2) is 9.18 Å². The van der Waals surface area contributed by atoms with Gasteiger partial charge in [-0.1, -0.05) is 23.7 Å². The van der Waals surface area contributed by atoms with Crippen LogP contribution in [0.1, 0.15) is 22.0 Å². The number of methoxy groups -OCH3 is 1. The Bertz CT molecular complexity index is 928. The van der Waals surface area contributed by atoms with Gasteiger partial charge in [0.2, 0.25) is 0 Å². The maximum Gasteiger partial charge on any atom is 0.335 e. The molecule has 3 aromatic rings. The fourth-order valence-corrected chi connectivity index (χ4v) is 2.62. The highest BCUT2D eigenvalue weighted by atomic mass is 35.5. The van der Waals surface area contributed by atoms with Crippen LogP contribution in [-0.2, 0) is 0 Å². The van der Waals surface area contributed by atoms with Crippen molar-refractivity contribution in [2.45, 2.75) is 6.04 Å². The van der Waals surface area contributed by atoms with E-state index in [-0.39, 0.29) is 22.9 Å². The van der Waals surface area contributed by atoms with Crippen LogP contribution < -0.4 is 10.1 Å². The van der Waals surface area contributed by atoms with Crippen LogP contribution in [0.4, 0.5) is 10.4 Å². The first kappa shape index (κ1) is 17.0. The molecule has 1 heterocycles. The van der Waals surface area contributed by atoms with Crippen LogP contribution in [-0.4, -0.2) is 29.8 Å². The summed E-state index contributed by atoms with van der Waals surface area (Å²) in [5.74, 6) is -0.881. The van der Waals surface area contributed by atoms with Crippen molar-refractivity contribution in [3.05, 3.63) is 52.5 Å². The molecule has 0 aliphatic carbocycles. The minimum atomic E-state index is -1.11. The summed E-state index contributed by atoms with van der Waals surface area (Å²) in [5, 5.41) is 12.5. The van der Waals surface area contributed by atoms with E-state index in [1.165, 1.54) is 19.2 Å². The highest BCUT2D eigenvalue weighted by Gasteiger charge is 2.19. The summed E-state index contributed by atoms with van der Waals surface area (Å²) in [6.45, 7) is -0.712. The van der Waals surface area contributed by atoms with E-state index < -0.39 is 18.7 Å². The number of hydrogen-bond donors (Lipinski definition) is 2. The van der Waals surface area contributed by atoms with Crippen LogP contribution in [0.2, 0.25) is 5.02 Å². The van der Waals surface area contributed by atoms with Gasteiger partial charge in [-0.2, -0.15) is 4.98 Å². The molecular weight excluding hydrogens is 351 g/mol. The number of alkyl halides is 1. The van der Waals surface area contributed by atoms with Crippen LogP contribution in [0.25, 0.3) is 11.1 Å². The molecule has 130 valence electrons. The molecule has 0 saturated carbocycles. The van der Waals surface area contributed by atoms with Gasteiger partial charge in [-0.05, 0) is 29.8 Å². The molecule has 0 unspecified atom stereocenters. The number of hydrogen-bond acceptors (Lipinski definition) is 5. The van der Waals surface area contributed by atoms with Gasteiger partial charge in [0.05, 0.1) is 18.7 Å². The largest absolute Gasteiger partial charge is 0.493 e. The predicted molar refractivity (Wildman–Crippen MR) is 91.3 cm³/mol. The predicted octanol–water partition coefficient (Wildman–Crippen LogP) is 4.31. The molecule has 3 rings (SSSR count). The molecule has 8 heteroatoms. The van der Waals surface area contributed by atoms with Crippen molar-refractivity contribution < 1.29 is 23.4 Å². The van der Waals surface area contributed by atoms with Gasteiger partial charge in [0.1, 0.15) is 12.2 Å². The number of halogens is 2. The zero-order valence-corrected chi connectivity index (χ0v) is 13.9. The summed E-state index contributed by atoms with van der Waals surface area (Å²) in [4.78, 5) is 15.3. The molecule has 2 aromatic carbocycles. The number of oxazole rings is 1. The number of benzene rings is 2. The van der Waals surface area contributed by atoms with Gasteiger partial charge in [0.15, 0.2) is 11.3 Å². The summed E-state index contributed by atoms with van der Waals surface area (Å²) >= 11 is 5.94. The number of carboxylic acid groups (broad SMARTS) is 1. The van der Waals surface area contributed by atoms with Crippen molar-refractivity contribution in [2.75, 3.05) is 19.1 Å². The van der Waals surface area contributed by atoms with E-state index in [2.05, 4.69) is 10.3 Å². The summed E-state index contributed by atoms with van der Waals surface area (Å²) in [5.41, 5.74) is 1.22. The second-order valence-electron chi connectivity index (χ2n) is 5.26. The quantitative estimate of drug-likeness (QED) is 0.678. The Morgan fingerprint density at radius 1 is 1.44 bits per heavy atom. The molecule has 0 saturated heterocycles. The normalized spacial score (nSPS) is 12.1. The van der Waals surface area contributed by atoms with Crippen LogP contribution in [0.15, 0.2) is 40.8 Å². The third-order valence-corrected chi connectivity index (χ3v) is 3.86. The molecule has 0 aliphatic heterocycles. The fourth-order valence-electron chi connectivity index (χ4n) is 2.42. The Labute approximate surface area is 147 Å². The van der Waals surface area contributed by atoms with E-state index in [9.17, 15) is 9.18 Å². The Balaban J connectivity index is 1.97. The average Bonchev–Trinajstić information content (AvgIpc) is 3.01. The molecule has 0 spiro atoms. The monoisotopic (exact) mass is 364 g/mol. The maximum absolute atomic E-state index is 13.5. The summed E-state index contributed by atoms with van der Waals surface area (Å²) < 4.78 is 24.2. The maximum atomic E-state index is 13.5. The second kappa shape index (κ2) is 6.98. The number of rotatable bonds is 6. The lowest BCUT2D eigenvalue weighted by Gasteiger charge is -2.14. The van der Waals surface area contributed by atoms with E-state index in [0.717, 1.165) is 0 Å². The third-order valence-electron chi connectivity index (χ3n) is 3.63. The first-order valence-electron chi connectivity index (χ1n) is 7.31.